The van der Waals surface area contributed by atoms with Crippen LogP contribution >= 0.6 is 0 Å². The van der Waals surface area contributed by atoms with Crippen LogP contribution in [0, 0.1) is 12.8 Å². The van der Waals surface area contributed by atoms with Crippen molar-refractivity contribution in [2.45, 2.75) is 32.2 Å². The lowest BCUT2D eigenvalue weighted by Gasteiger charge is -2.38. The molecule has 0 fully saturated rings. The summed E-state index contributed by atoms with van der Waals surface area (Å²) in [7, 11) is 1.69. The highest BCUT2D eigenvalue weighted by atomic mass is 16.5. The normalized spacial score (nSPS) is 18.7. The second-order valence-corrected chi connectivity index (χ2v) is 9.09. The number of ether oxygens (including phenoxy) is 1. The van der Waals surface area contributed by atoms with Gasteiger partial charge in [-0.05, 0) is 54.2 Å². The summed E-state index contributed by atoms with van der Waals surface area (Å²) in [5.41, 5.74) is 6.98. The fourth-order valence-electron chi connectivity index (χ4n) is 5.89. The molecule has 0 unspecified atom stereocenters. The molecule has 166 valence electrons. The molecule has 2 heterocycles. The zero-order valence-electron chi connectivity index (χ0n) is 19.0. The molecule has 2 aliphatic rings. The lowest BCUT2D eigenvalue weighted by Crippen LogP contribution is -2.41. The van der Waals surface area contributed by atoms with E-state index in [4.69, 9.17) is 4.74 Å². The molecule has 0 spiro atoms. The lowest BCUT2D eigenvalue weighted by molar-refractivity contribution is -0.119. The van der Waals surface area contributed by atoms with Gasteiger partial charge in [0.15, 0.2) is 0 Å². The fourth-order valence-corrected chi connectivity index (χ4v) is 5.89. The molecule has 6 rings (SSSR count). The molecule has 3 aromatic carbocycles. The fraction of sp³-hybridized carbons (Fsp3) is 0.286. The Labute approximate surface area is 193 Å². The maximum Gasteiger partial charge on any atom is 0.228 e. The Kier molecular flexibility index (Phi) is 4.72. The smallest absolute Gasteiger partial charge is 0.228 e. The number of para-hydroxylation sites is 3. The number of aromatic nitrogens is 2. The van der Waals surface area contributed by atoms with Crippen molar-refractivity contribution in [3.63, 3.8) is 0 Å². The first-order valence-corrected chi connectivity index (χ1v) is 11.6. The van der Waals surface area contributed by atoms with E-state index in [0.717, 1.165) is 41.3 Å². The van der Waals surface area contributed by atoms with Gasteiger partial charge in [-0.2, -0.15) is 0 Å². The zero-order valence-corrected chi connectivity index (χ0v) is 19.0. The van der Waals surface area contributed by atoms with E-state index in [1.54, 1.807) is 7.11 Å². The molecule has 1 amide bonds. The molecule has 0 saturated carbocycles. The largest absolute Gasteiger partial charge is 0.495 e. The topological polar surface area (TPSA) is 47.4 Å². The Morgan fingerprint density at radius 3 is 2.70 bits per heavy atom. The maximum atomic E-state index is 13.7. The molecule has 33 heavy (non-hydrogen) atoms. The highest BCUT2D eigenvalue weighted by Crippen LogP contribution is 2.51. The number of fused-ring (bicyclic) bond motifs is 6. The number of imidazole rings is 1. The van der Waals surface area contributed by atoms with Crippen molar-refractivity contribution in [3.05, 3.63) is 89.2 Å². The minimum Gasteiger partial charge on any atom is -0.495 e. The van der Waals surface area contributed by atoms with Crippen molar-refractivity contribution in [1.29, 1.82) is 0 Å². The number of carbonyl (C=O) groups is 1. The van der Waals surface area contributed by atoms with Crippen LogP contribution in [-0.2, 0) is 17.8 Å². The number of benzene rings is 3. The average Bonchev–Trinajstić information content (AvgIpc) is 3.38. The summed E-state index contributed by atoms with van der Waals surface area (Å²) in [5, 5.41) is 0. The van der Waals surface area contributed by atoms with Gasteiger partial charge in [0, 0.05) is 25.4 Å². The Morgan fingerprint density at radius 1 is 1.03 bits per heavy atom. The van der Waals surface area contributed by atoms with E-state index >= 15 is 0 Å². The number of nitrogens with zero attached hydrogens (tertiary/aromatic N) is 3. The summed E-state index contributed by atoms with van der Waals surface area (Å²) >= 11 is 0. The Morgan fingerprint density at radius 2 is 1.82 bits per heavy atom. The molecule has 5 nitrogen and oxygen atoms in total. The van der Waals surface area contributed by atoms with Crippen LogP contribution in [0.1, 0.15) is 34.9 Å². The van der Waals surface area contributed by atoms with E-state index < -0.39 is 0 Å². The number of methoxy groups -OCH3 is 1. The minimum absolute atomic E-state index is 0.132. The first-order chi connectivity index (χ1) is 16.2. The second kappa shape index (κ2) is 7.77. The molecule has 0 radical (unpaired) electrons. The highest BCUT2D eigenvalue weighted by Gasteiger charge is 2.42. The van der Waals surface area contributed by atoms with Crippen LogP contribution in [0.15, 0.2) is 66.7 Å². The molecule has 2 atom stereocenters. The monoisotopic (exact) mass is 437 g/mol. The standard InChI is InChI=1S/C28H27N3O2/c1-18-29-23-11-5-6-12-24(23)30(18)15-14-26(32)31-17-20-16-19-8-3-4-9-21(19)27(20)22-10-7-13-25(33-2)28(22)31/h3-13,20,27H,14-17H2,1-2H3/t20-,27+/m0/s1. The van der Waals surface area contributed by atoms with Gasteiger partial charge in [-0.25, -0.2) is 4.98 Å². The van der Waals surface area contributed by atoms with Crippen molar-refractivity contribution in [2.75, 3.05) is 18.6 Å². The third-order valence-electron chi connectivity index (χ3n) is 7.31. The molecule has 0 saturated heterocycles. The highest BCUT2D eigenvalue weighted by molar-refractivity contribution is 5.97. The van der Waals surface area contributed by atoms with Crippen molar-refractivity contribution < 1.29 is 9.53 Å². The van der Waals surface area contributed by atoms with Gasteiger partial charge in [-0.1, -0.05) is 48.5 Å². The summed E-state index contributed by atoms with van der Waals surface area (Å²) in [6.45, 7) is 3.33. The first kappa shape index (κ1) is 20.0. The van der Waals surface area contributed by atoms with Crippen LogP contribution in [0.4, 0.5) is 5.69 Å². The van der Waals surface area contributed by atoms with Crippen molar-refractivity contribution in [2.24, 2.45) is 5.92 Å². The SMILES string of the molecule is COc1cccc2c1N(C(=O)CCn1c(C)nc3ccccc31)C[C@@H]1Cc3ccccc3[C@H]21. The molecule has 0 N–H and O–H groups in total. The van der Waals surface area contributed by atoms with E-state index in [9.17, 15) is 4.79 Å². The summed E-state index contributed by atoms with van der Waals surface area (Å²) in [6, 6.07) is 23.0. The van der Waals surface area contributed by atoms with Gasteiger partial charge in [0.05, 0.1) is 23.8 Å². The van der Waals surface area contributed by atoms with E-state index in [2.05, 4.69) is 45.9 Å². The van der Waals surface area contributed by atoms with E-state index in [1.807, 2.05) is 42.2 Å². The van der Waals surface area contributed by atoms with Crippen molar-refractivity contribution in [3.8, 4) is 5.75 Å². The zero-order chi connectivity index (χ0) is 22.5. The van der Waals surface area contributed by atoms with E-state index in [-0.39, 0.29) is 5.91 Å². The van der Waals surface area contributed by atoms with Gasteiger partial charge in [0.2, 0.25) is 5.91 Å². The number of anilines is 1. The van der Waals surface area contributed by atoms with Gasteiger partial charge in [-0.15, -0.1) is 0 Å². The minimum atomic E-state index is 0.132. The van der Waals surface area contributed by atoms with Crippen LogP contribution in [0.2, 0.25) is 0 Å². The molecule has 5 heteroatoms. The van der Waals surface area contributed by atoms with Gasteiger partial charge < -0.3 is 14.2 Å². The first-order valence-electron chi connectivity index (χ1n) is 11.6. The number of hydrogen-bond acceptors (Lipinski definition) is 3. The quantitative estimate of drug-likeness (QED) is 0.447. The Bertz CT molecular complexity index is 1370. The van der Waals surface area contributed by atoms with E-state index in [0.29, 0.717) is 24.8 Å². The third-order valence-corrected chi connectivity index (χ3v) is 7.31. The predicted octanol–water partition coefficient (Wildman–Crippen LogP) is 5.09. The van der Waals surface area contributed by atoms with E-state index in [1.165, 1.54) is 16.7 Å². The van der Waals surface area contributed by atoms with Crippen LogP contribution < -0.4 is 9.64 Å². The molecule has 4 aromatic rings. The van der Waals surface area contributed by atoms with Gasteiger partial charge >= 0.3 is 0 Å². The molecule has 1 aliphatic heterocycles. The lowest BCUT2D eigenvalue weighted by atomic mass is 9.81. The maximum absolute atomic E-state index is 13.7. The average molecular weight is 438 g/mol. The second-order valence-electron chi connectivity index (χ2n) is 9.09. The van der Waals surface area contributed by atoms with Crippen molar-refractivity contribution >= 4 is 22.6 Å². The Balaban J connectivity index is 1.34. The summed E-state index contributed by atoms with van der Waals surface area (Å²) in [6.07, 6.45) is 1.43. The summed E-state index contributed by atoms with van der Waals surface area (Å²) < 4.78 is 7.89. The molecule has 1 aliphatic carbocycles. The predicted molar refractivity (Wildman–Crippen MR) is 130 cm³/mol. The Hall–Kier alpha value is -3.60. The number of aryl methyl sites for hydroxylation is 2. The molecular weight excluding hydrogens is 410 g/mol. The van der Waals surface area contributed by atoms with Gasteiger partial charge in [0.1, 0.15) is 11.6 Å². The van der Waals surface area contributed by atoms with Crippen LogP contribution in [0.3, 0.4) is 0 Å². The van der Waals surface area contributed by atoms with Crippen LogP contribution in [0.25, 0.3) is 11.0 Å². The molecular formula is C28H27N3O2. The third kappa shape index (κ3) is 3.14. The number of rotatable bonds is 4. The number of carbonyl (C=O) groups excluding carboxylic acids is 1. The summed E-state index contributed by atoms with van der Waals surface area (Å²) in [5.74, 6) is 2.55. The number of amides is 1. The van der Waals surface area contributed by atoms with Crippen LogP contribution in [0.5, 0.6) is 5.75 Å². The van der Waals surface area contributed by atoms with Gasteiger partial charge in [-0.3, -0.25) is 4.79 Å². The summed E-state index contributed by atoms with van der Waals surface area (Å²) in [4.78, 5) is 20.3. The molecule has 0 bridgehead atoms. The van der Waals surface area contributed by atoms with Gasteiger partial charge in [0.25, 0.3) is 0 Å². The molecule has 1 aromatic heterocycles. The van der Waals surface area contributed by atoms with Crippen LogP contribution in [-0.4, -0.2) is 29.1 Å². The van der Waals surface area contributed by atoms with Crippen molar-refractivity contribution in [1.82, 2.24) is 9.55 Å². The number of hydrogen-bond donors (Lipinski definition) is 0.